The highest BCUT2D eigenvalue weighted by atomic mass is 79.9. The number of rotatable bonds is 6. The number of piperidine rings is 1. The highest BCUT2D eigenvalue weighted by Crippen LogP contribution is 2.25. The number of halogens is 3. The quantitative estimate of drug-likeness (QED) is 0.745. The molecule has 0 bridgehead atoms. The Kier molecular flexibility index (Phi) is 6.54. The maximum atomic E-state index is 12.5. The molecule has 1 amide bonds. The number of aromatic nitrogens is 2. The molecule has 1 aliphatic heterocycles. The van der Waals surface area contributed by atoms with Crippen molar-refractivity contribution in [2.45, 2.75) is 26.0 Å². The lowest BCUT2D eigenvalue weighted by atomic mass is 9.96. The van der Waals surface area contributed by atoms with Gasteiger partial charge in [-0.25, -0.2) is 4.98 Å². The van der Waals surface area contributed by atoms with Crippen LogP contribution < -0.4 is 15.0 Å². The zero-order chi connectivity index (χ0) is 19.2. The second-order valence-corrected chi connectivity index (χ2v) is 7.09. The van der Waals surface area contributed by atoms with Gasteiger partial charge in [-0.3, -0.25) is 9.78 Å². The van der Waals surface area contributed by atoms with Gasteiger partial charge in [0.15, 0.2) is 0 Å². The molecule has 2 aromatic rings. The van der Waals surface area contributed by atoms with Gasteiger partial charge in [0, 0.05) is 48.0 Å². The average molecular weight is 441 g/mol. The SMILES string of the molecule is O=C(NCc1cc(Br)ccc1OC(F)F)C1CCN(c2cnccn2)CC1. The van der Waals surface area contributed by atoms with Gasteiger partial charge in [0.1, 0.15) is 11.6 Å². The fraction of sp³-hybridized carbons (Fsp3) is 0.389. The fourth-order valence-electron chi connectivity index (χ4n) is 3.05. The van der Waals surface area contributed by atoms with Gasteiger partial charge in [-0.05, 0) is 31.0 Å². The van der Waals surface area contributed by atoms with E-state index in [-0.39, 0.29) is 24.1 Å². The lowest BCUT2D eigenvalue weighted by Gasteiger charge is -2.31. The molecule has 0 atom stereocenters. The van der Waals surface area contributed by atoms with Crippen LogP contribution in [0.1, 0.15) is 18.4 Å². The van der Waals surface area contributed by atoms with E-state index in [1.165, 1.54) is 6.07 Å². The third kappa shape index (κ3) is 5.35. The normalized spacial score (nSPS) is 15.0. The summed E-state index contributed by atoms with van der Waals surface area (Å²) < 4.78 is 30.3. The first kappa shape index (κ1) is 19.5. The molecule has 1 aromatic carbocycles. The minimum atomic E-state index is -2.91. The highest BCUT2D eigenvalue weighted by Gasteiger charge is 2.25. The highest BCUT2D eigenvalue weighted by molar-refractivity contribution is 9.10. The van der Waals surface area contributed by atoms with Gasteiger partial charge >= 0.3 is 6.61 Å². The third-order valence-electron chi connectivity index (χ3n) is 4.43. The van der Waals surface area contributed by atoms with Gasteiger partial charge in [0.2, 0.25) is 5.91 Å². The Balaban J connectivity index is 1.54. The van der Waals surface area contributed by atoms with Gasteiger partial charge in [0.05, 0.1) is 6.20 Å². The molecule has 1 aliphatic rings. The Bertz CT molecular complexity index is 771. The van der Waals surface area contributed by atoms with Crippen LogP contribution in [0.2, 0.25) is 0 Å². The Morgan fingerprint density at radius 3 is 2.78 bits per heavy atom. The monoisotopic (exact) mass is 440 g/mol. The number of benzene rings is 1. The largest absolute Gasteiger partial charge is 0.434 e. The van der Waals surface area contributed by atoms with Crippen molar-refractivity contribution in [1.82, 2.24) is 15.3 Å². The molecular formula is C18H19BrF2N4O2. The molecule has 27 heavy (non-hydrogen) atoms. The number of nitrogens with one attached hydrogen (secondary N) is 1. The van der Waals surface area contributed by atoms with Crippen molar-refractivity contribution in [1.29, 1.82) is 0 Å². The molecule has 1 saturated heterocycles. The molecule has 1 fully saturated rings. The van der Waals surface area contributed by atoms with Crippen LogP contribution in [0.25, 0.3) is 0 Å². The molecule has 0 saturated carbocycles. The lowest BCUT2D eigenvalue weighted by Crippen LogP contribution is -2.40. The number of nitrogens with zero attached hydrogens (tertiary/aromatic N) is 3. The molecule has 1 N–H and O–H groups in total. The Labute approximate surface area is 164 Å². The van der Waals surface area contributed by atoms with Crippen LogP contribution in [0.5, 0.6) is 5.75 Å². The van der Waals surface area contributed by atoms with Crippen LogP contribution in [0.15, 0.2) is 41.3 Å². The van der Waals surface area contributed by atoms with E-state index >= 15 is 0 Å². The zero-order valence-corrected chi connectivity index (χ0v) is 16.0. The van der Waals surface area contributed by atoms with E-state index in [0.717, 1.165) is 10.3 Å². The summed E-state index contributed by atoms with van der Waals surface area (Å²) in [6.45, 7) is -1.35. The Morgan fingerprint density at radius 2 is 2.11 bits per heavy atom. The van der Waals surface area contributed by atoms with Crippen molar-refractivity contribution in [2.24, 2.45) is 5.92 Å². The van der Waals surface area contributed by atoms with Crippen molar-refractivity contribution < 1.29 is 18.3 Å². The smallest absolute Gasteiger partial charge is 0.387 e. The van der Waals surface area contributed by atoms with Crippen molar-refractivity contribution in [2.75, 3.05) is 18.0 Å². The summed E-state index contributed by atoms with van der Waals surface area (Å²) in [4.78, 5) is 22.9. The molecule has 0 spiro atoms. The number of hydrogen-bond donors (Lipinski definition) is 1. The van der Waals surface area contributed by atoms with Crippen molar-refractivity contribution >= 4 is 27.7 Å². The molecule has 0 radical (unpaired) electrons. The molecule has 0 aliphatic carbocycles. The summed E-state index contributed by atoms with van der Waals surface area (Å²) in [5.41, 5.74) is 0.495. The Hall–Kier alpha value is -2.29. The van der Waals surface area contributed by atoms with E-state index in [1.807, 2.05) is 0 Å². The number of carbonyl (C=O) groups is 1. The lowest BCUT2D eigenvalue weighted by molar-refractivity contribution is -0.125. The zero-order valence-electron chi connectivity index (χ0n) is 14.4. The number of amides is 1. The van der Waals surface area contributed by atoms with Crippen molar-refractivity contribution in [3.8, 4) is 5.75 Å². The predicted octanol–water partition coefficient (Wildman–Crippen LogP) is 3.37. The summed E-state index contributed by atoms with van der Waals surface area (Å²) in [6, 6.07) is 4.73. The van der Waals surface area contributed by atoms with Crippen LogP contribution in [-0.4, -0.2) is 35.6 Å². The molecule has 6 nitrogen and oxygen atoms in total. The van der Waals surface area contributed by atoms with Gasteiger partial charge in [-0.15, -0.1) is 0 Å². The first-order chi connectivity index (χ1) is 13.0. The topological polar surface area (TPSA) is 67.3 Å². The number of ether oxygens (including phenoxy) is 1. The minimum Gasteiger partial charge on any atom is -0.434 e. The molecule has 0 unspecified atom stereocenters. The van der Waals surface area contributed by atoms with E-state index in [4.69, 9.17) is 0 Å². The van der Waals surface area contributed by atoms with Crippen LogP contribution >= 0.6 is 15.9 Å². The van der Waals surface area contributed by atoms with E-state index in [1.54, 1.807) is 30.7 Å². The van der Waals surface area contributed by atoms with Gasteiger partial charge in [-0.2, -0.15) is 8.78 Å². The molecule has 3 rings (SSSR count). The minimum absolute atomic E-state index is 0.0611. The average Bonchev–Trinajstić information content (AvgIpc) is 2.68. The van der Waals surface area contributed by atoms with Gasteiger partial charge in [-0.1, -0.05) is 15.9 Å². The summed E-state index contributed by atoms with van der Waals surface area (Å²) in [5.74, 6) is 0.659. The molecule has 2 heterocycles. The summed E-state index contributed by atoms with van der Waals surface area (Å²) in [6.07, 6.45) is 6.36. The fourth-order valence-corrected chi connectivity index (χ4v) is 3.46. The number of alkyl halides is 2. The van der Waals surface area contributed by atoms with Crippen LogP contribution in [-0.2, 0) is 11.3 Å². The van der Waals surface area contributed by atoms with Crippen LogP contribution in [0.4, 0.5) is 14.6 Å². The molecule has 144 valence electrons. The maximum Gasteiger partial charge on any atom is 0.387 e. The van der Waals surface area contributed by atoms with E-state index in [2.05, 4.69) is 40.9 Å². The van der Waals surface area contributed by atoms with Crippen molar-refractivity contribution in [3.05, 3.63) is 46.8 Å². The van der Waals surface area contributed by atoms with E-state index in [0.29, 0.717) is 31.5 Å². The predicted molar refractivity (Wildman–Crippen MR) is 99.6 cm³/mol. The number of carbonyl (C=O) groups excluding carboxylic acids is 1. The number of hydrogen-bond acceptors (Lipinski definition) is 5. The second-order valence-electron chi connectivity index (χ2n) is 6.17. The van der Waals surface area contributed by atoms with Crippen LogP contribution in [0, 0.1) is 5.92 Å². The Morgan fingerprint density at radius 1 is 1.33 bits per heavy atom. The van der Waals surface area contributed by atoms with E-state index < -0.39 is 6.61 Å². The standard InChI is InChI=1S/C18H19BrF2N4O2/c19-14-1-2-15(27-18(20)21)13(9-14)10-24-17(26)12-3-7-25(8-4-12)16-11-22-5-6-23-16/h1-2,5-6,9,11-12,18H,3-4,7-8,10H2,(H,24,26). The molecule has 1 aromatic heterocycles. The second kappa shape index (κ2) is 9.07. The summed E-state index contributed by atoms with van der Waals surface area (Å²) >= 11 is 3.30. The first-order valence-electron chi connectivity index (χ1n) is 8.55. The summed E-state index contributed by atoms with van der Waals surface area (Å²) in [5, 5.41) is 2.83. The van der Waals surface area contributed by atoms with Gasteiger partial charge < -0.3 is 15.0 Å². The van der Waals surface area contributed by atoms with E-state index in [9.17, 15) is 13.6 Å². The summed E-state index contributed by atoms with van der Waals surface area (Å²) in [7, 11) is 0. The van der Waals surface area contributed by atoms with Gasteiger partial charge in [0.25, 0.3) is 0 Å². The number of anilines is 1. The van der Waals surface area contributed by atoms with Crippen LogP contribution in [0.3, 0.4) is 0 Å². The third-order valence-corrected chi connectivity index (χ3v) is 4.92. The molecular weight excluding hydrogens is 422 g/mol. The maximum absolute atomic E-state index is 12.5. The van der Waals surface area contributed by atoms with Crippen molar-refractivity contribution in [3.63, 3.8) is 0 Å². The molecule has 9 heteroatoms. The first-order valence-corrected chi connectivity index (χ1v) is 9.34.